The van der Waals surface area contributed by atoms with Crippen LogP contribution in [0.1, 0.15) is 37.6 Å². The number of allylic oxidation sites excluding steroid dienone is 1. The van der Waals surface area contributed by atoms with E-state index in [1.54, 1.807) is 0 Å². The minimum atomic E-state index is -0.314. The Morgan fingerprint density at radius 2 is 1.83 bits per heavy atom. The number of amides is 1. The van der Waals surface area contributed by atoms with E-state index in [0.717, 1.165) is 34.3 Å². The van der Waals surface area contributed by atoms with Crippen molar-refractivity contribution in [3.8, 4) is 0 Å². The monoisotopic (exact) mass is 319 g/mol. The first-order valence-electron chi connectivity index (χ1n) is 8.20. The SMILES string of the molecule is CCC=C(C)C(=O)NC(c1ccccc1)c1cc2ccccc2o1. The Kier molecular flexibility index (Phi) is 4.80. The van der Waals surface area contributed by atoms with Crippen LogP contribution in [0.15, 0.2) is 76.7 Å². The van der Waals surface area contributed by atoms with E-state index in [4.69, 9.17) is 4.42 Å². The Balaban J connectivity index is 1.99. The number of para-hydroxylation sites is 1. The van der Waals surface area contributed by atoms with Gasteiger partial charge in [-0.3, -0.25) is 4.79 Å². The molecule has 0 aliphatic heterocycles. The number of benzene rings is 2. The van der Waals surface area contributed by atoms with Crippen molar-refractivity contribution >= 4 is 16.9 Å². The Labute approximate surface area is 142 Å². The average molecular weight is 319 g/mol. The summed E-state index contributed by atoms with van der Waals surface area (Å²) < 4.78 is 5.99. The average Bonchev–Trinajstić information content (AvgIpc) is 3.04. The molecule has 0 saturated heterocycles. The van der Waals surface area contributed by atoms with E-state index in [1.807, 2.05) is 80.6 Å². The molecule has 0 spiro atoms. The Hall–Kier alpha value is -2.81. The molecule has 1 atom stereocenters. The molecule has 0 aliphatic carbocycles. The predicted octanol–water partition coefficient (Wildman–Crippen LogP) is 4.99. The third kappa shape index (κ3) is 3.40. The van der Waals surface area contributed by atoms with Crippen molar-refractivity contribution in [3.05, 3.63) is 83.6 Å². The molecule has 24 heavy (non-hydrogen) atoms. The molecule has 1 heterocycles. The fraction of sp³-hybridized carbons (Fsp3) is 0.190. The first kappa shape index (κ1) is 16.1. The molecule has 3 heteroatoms. The van der Waals surface area contributed by atoms with Gasteiger partial charge in [0.25, 0.3) is 0 Å². The molecular weight excluding hydrogens is 298 g/mol. The van der Waals surface area contributed by atoms with E-state index in [9.17, 15) is 4.79 Å². The second-order valence-corrected chi connectivity index (χ2v) is 5.80. The standard InChI is InChI=1S/C21H21NO2/c1-3-9-15(2)21(23)22-20(16-10-5-4-6-11-16)19-14-17-12-7-8-13-18(17)24-19/h4-14,20H,3H2,1-2H3,(H,22,23). The number of fused-ring (bicyclic) bond motifs is 1. The van der Waals surface area contributed by atoms with E-state index in [0.29, 0.717) is 0 Å². The van der Waals surface area contributed by atoms with Crippen molar-refractivity contribution in [2.45, 2.75) is 26.3 Å². The van der Waals surface area contributed by atoms with Crippen molar-refractivity contribution in [1.82, 2.24) is 5.32 Å². The molecule has 1 N–H and O–H groups in total. The van der Waals surface area contributed by atoms with E-state index in [-0.39, 0.29) is 11.9 Å². The van der Waals surface area contributed by atoms with Gasteiger partial charge in [-0.15, -0.1) is 0 Å². The van der Waals surface area contributed by atoms with E-state index in [1.165, 1.54) is 0 Å². The molecule has 3 rings (SSSR count). The maximum Gasteiger partial charge on any atom is 0.247 e. The number of hydrogen-bond donors (Lipinski definition) is 1. The molecule has 122 valence electrons. The maximum absolute atomic E-state index is 12.5. The molecule has 1 unspecified atom stereocenters. The van der Waals surface area contributed by atoms with Gasteiger partial charge in [-0.25, -0.2) is 0 Å². The van der Waals surface area contributed by atoms with Gasteiger partial charge in [0.1, 0.15) is 17.4 Å². The molecule has 3 nitrogen and oxygen atoms in total. The molecule has 0 aliphatic rings. The summed E-state index contributed by atoms with van der Waals surface area (Å²) in [4.78, 5) is 12.5. The van der Waals surface area contributed by atoms with Crippen molar-refractivity contribution in [3.63, 3.8) is 0 Å². The number of carbonyl (C=O) groups is 1. The first-order valence-corrected chi connectivity index (χ1v) is 8.20. The second-order valence-electron chi connectivity index (χ2n) is 5.80. The summed E-state index contributed by atoms with van der Waals surface area (Å²) in [5, 5.41) is 4.13. The molecule has 0 saturated carbocycles. The van der Waals surface area contributed by atoms with Gasteiger partial charge in [-0.05, 0) is 31.0 Å². The summed E-state index contributed by atoms with van der Waals surface area (Å²) in [5.41, 5.74) is 2.53. The Morgan fingerprint density at radius 3 is 2.54 bits per heavy atom. The van der Waals surface area contributed by atoms with Gasteiger partial charge >= 0.3 is 0 Å². The lowest BCUT2D eigenvalue weighted by Gasteiger charge is -2.17. The predicted molar refractivity (Wildman–Crippen MR) is 96.7 cm³/mol. The fourth-order valence-corrected chi connectivity index (χ4v) is 2.75. The lowest BCUT2D eigenvalue weighted by molar-refractivity contribution is -0.118. The summed E-state index contributed by atoms with van der Waals surface area (Å²) >= 11 is 0. The van der Waals surface area contributed by atoms with Crippen LogP contribution in [0.5, 0.6) is 0 Å². The highest BCUT2D eigenvalue weighted by Crippen LogP contribution is 2.28. The number of hydrogen-bond acceptors (Lipinski definition) is 2. The molecule has 1 aromatic heterocycles. The number of rotatable bonds is 5. The van der Waals surface area contributed by atoms with Crippen molar-refractivity contribution in [2.75, 3.05) is 0 Å². The zero-order chi connectivity index (χ0) is 16.9. The van der Waals surface area contributed by atoms with Gasteiger partial charge in [0, 0.05) is 11.0 Å². The minimum absolute atomic E-state index is 0.0776. The molecule has 0 bridgehead atoms. The van der Waals surface area contributed by atoms with Crippen molar-refractivity contribution in [1.29, 1.82) is 0 Å². The highest BCUT2D eigenvalue weighted by atomic mass is 16.3. The second kappa shape index (κ2) is 7.18. The highest BCUT2D eigenvalue weighted by Gasteiger charge is 2.21. The van der Waals surface area contributed by atoms with Crippen molar-refractivity contribution < 1.29 is 9.21 Å². The van der Waals surface area contributed by atoms with Crippen LogP contribution in [0.3, 0.4) is 0 Å². The van der Waals surface area contributed by atoms with Crippen LogP contribution < -0.4 is 5.32 Å². The highest BCUT2D eigenvalue weighted by molar-refractivity contribution is 5.93. The first-order chi connectivity index (χ1) is 11.7. The van der Waals surface area contributed by atoms with Gasteiger partial charge in [0.05, 0.1) is 0 Å². The number of carbonyl (C=O) groups excluding carboxylic acids is 1. The maximum atomic E-state index is 12.5. The van der Waals surface area contributed by atoms with Gasteiger partial charge in [-0.1, -0.05) is 61.5 Å². The van der Waals surface area contributed by atoms with Crippen LogP contribution in [0.25, 0.3) is 11.0 Å². The summed E-state index contributed by atoms with van der Waals surface area (Å²) in [5.74, 6) is 0.659. The smallest absolute Gasteiger partial charge is 0.247 e. The zero-order valence-corrected chi connectivity index (χ0v) is 14.0. The van der Waals surface area contributed by atoms with Crippen LogP contribution in [-0.4, -0.2) is 5.91 Å². The van der Waals surface area contributed by atoms with Gasteiger partial charge in [-0.2, -0.15) is 0 Å². The van der Waals surface area contributed by atoms with Crippen LogP contribution in [0.4, 0.5) is 0 Å². The molecular formula is C21H21NO2. The van der Waals surface area contributed by atoms with Crippen LogP contribution in [0.2, 0.25) is 0 Å². The van der Waals surface area contributed by atoms with Gasteiger partial charge in [0.2, 0.25) is 5.91 Å². The summed E-state index contributed by atoms with van der Waals surface area (Å²) in [6.45, 7) is 3.85. The third-order valence-corrected chi connectivity index (χ3v) is 4.01. The summed E-state index contributed by atoms with van der Waals surface area (Å²) in [6.07, 6.45) is 2.76. The van der Waals surface area contributed by atoms with Gasteiger partial charge < -0.3 is 9.73 Å². The van der Waals surface area contributed by atoms with E-state index < -0.39 is 0 Å². The molecule has 1 amide bonds. The normalized spacial score (nSPS) is 13.0. The van der Waals surface area contributed by atoms with Crippen LogP contribution in [-0.2, 0) is 4.79 Å². The third-order valence-electron chi connectivity index (χ3n) is 4.01. The Bertz CT molecular complexity index is 829. The Morgan fingerprint density at radius 1 is 1.12 bits per heavy atom. The lowest BCUT2D eigenvalue weighted by Crippen LogP contribution is -2.29. The summed E-state index contributed by atoms with van der Waals surface area (Å²) in [6, 6.07) is 19.4. The molecule has 2 aromatic carbocycles. The molecule has 0 radical (unpaired) electrons. The number of furan rings is 1. The van der Waals surface area contributed by atoms with E-state index >= 15 is 0 Å². The van der Waals surface area contributed by atoms with E-state index in [2.05, 4.69) is 5.32 Å². The van der Waals surface area contributed by atoms with Crippen molar-refractivity contribution in [2.24, 2.45) is 0 Å². The topological polar surface area (TPSA) is 42.2 Å². The largest absolute Gasteiger partial charge is 0.459 e. The lowest BCUT2D eigenvalue weighted by atomic mass is 10.0. The summed E-state index contributed by atoms with van der Waals surface area (Å²) in [7, 11) is 0. The number of nitrogens with one attached hydrogen (secondary N) is 1. The quantitative estimate of drug-likeness (QED) is 0.673. The van der Waals surface area contributed by atoms with Crippen LogP contribution >= 0.6 is 0 Å². The molecule has 0 fully saturated rings. The van der Waals surface area contributed by atoms with Gasteiger partial charge in [0.15, 0.2) is 0 Å². The zero-order valence-electron chi connectivity index (χ0n) is 14.0. The fourth-order valence-electron chi connectivity index (χ4n) is 2.75. The molecule has 3 aromatic rings. The van der Waals surface area contributed by atoms with Crippen LogP contribution in [0, 0.1) is 0 Å². The minimum Gasteiger partial charge on any atom is -0.459 e.